The van der Waals surface area contributed by atoms with Crippen LogP contribution in [-0.2, 0) is 19.4 Å². The van der Waals surface area contributed by atoms with E-state index in [4.69, 9.17) is 8.74 Å². The van der Waals surface area contributed by atoms with E-state index in [9.17, 15) is 18.3 Å². The summed E-state index contributed by atoms with van der Waals surface area (Å²) < 4.78 is 36.5. The highest BCUT2D eigenvalue weighted by molar-refractivity contribution is 7.80. The molecule has 0 saturated heterocycles. The minimum Gasteiger partial charge on any atom is -0.393 e. The summed E-state index contributed by atoms with van der Waals surface area (Å²) in [6.45, 7) is 8.53. The summed E-state index contributed by atoms with van der Waals surface area (Å²) in [7, 11) is -4.44. The minimum absolute atomic E-state index is 0.0133. The molecule has 33 heavy (non-hydrogen) atoms. The Kier molecular flexibility index (Phi) is 7.38. The van der Waals surface area contributed by atoms with Gasteiger partial charge in [-0.15, -0.1) is 0 Å². The minimum atomic E-state index is -4.44. The molecule has 0 aromatic carbocycles. The molecule has 0 bridgehead atoms. The first-order valence-corrected chi connectivity index (χ1v) is 14.6. The molecule has 4 fully saturated rings. The monoisotopic (exact) mass is 484 g/mol. The summed E-state index contributed by atoms with van der Waals surface area (Å²) >= 11 is 0. The van der Waals surface area contributed by atoms with Crippen LogP contribution in [0.5, 0.6) is 0 Å². The van der Waals surface area contributed by atoms with Crippen molar-refractivity contribution in [2.75, 3.05) is 0 Å². The summed E-state index contributed by atoms with van der Waals surface area (Å²) in [5.74, 6) is 3.88. The molecule has 0 amide bonds. The fourth-order valence-electron chi connectivity index (χ4n) is 8.73. The van der Waals surface area contributed by atoms with E-state index in [1.807, 2.05) is 13.8 Å². The smallest absolute Gasteiger partial charge is 0.393 e. The van der Waals surface area contributed by atoms with Gasteiger partial charge in [-0.05, 0) is 104 Å². The van der Waals surface area contributed by atoms with E-state index in [1.165, 1.54) is 19.3 Å². The molecule has 7 heteroatoms. The normalized spacial score (nSPS) is 43.0. The predicted octanol–water partition coefficient (Wildman–Crippen LogP) is 5.06. The first-order chi connectivity index (χ1) is 15.4. The van der Waals surface area contributed by atoms with Crippen molar-refractivity contribution < 1.29 is 27.1 Å². The lowest BCUT2D eigenvalue weighted by molar-refractivity contribution is -0.156. The van der Waals surface area contributed by atoms with Gasteiger partial charge in [0.15, 0.2) is 0 Å². The lowest BCUT2D eigenvalue weighted by atomic mass is 9.46. The maximum Gasteiger partial charge on any atom is 0.397 e. The van der Waals surface area contributed by atoms with Crippen molar-refractivity contribution in [3.63, 3.8) is 0 Å². The number of hydrogen-bond acceptors (Lipinski definition) is 5. The van der Waals surface area contributed by atoms with Gasteiger partial charge in [0.1, 0.15) is 5.78 Å². The zero-order chi connectivity index (χ0) is 24.1. The molecule has 0 aromatic heterocycles. The van der Waals surface area contributed by atoms with Gasteiger partial charge in [-0.3, -0.25) is 9.35 Å². The molecular weight excluding hydrogens is 440 g/mol. The SMILES string of the molecule is CC(C)[C@@H](CC[C@@H](C)[C@H]1CCC2C3C(O)C[C@H]4CC(=O)CC[C@]4(C)C3CCC21)OS(=O)(=O)O. The van der Waals surface area contributed by atoms with Crippen molar-refractivity contribution in [1.29, 1.82) is 0 Å². The van der Waals surface area contributed by atoms with Crippen LogP contribution in [0.4, 0.5) is 0 Å². The highest BCUT2D eigenvalue weighted by Crippen LogP contribution is 2.64. The third-order valence-electron chi connectivity index (χ3n) is 10.5. The lowest BCUT2D eigenvalue weighted by Crippen LogP contribution is -2.56. The molecule has 6 nitrogen and oxygen atoms in total. The van der Waals surface area contributed by atoms with Crippen molar-refractivity contribution >= 4 is 16.2 Å². The van der Waals surface area contributed by atoms with Gasteiger partial charge in [-0.25, -0.2) is 4.18 Å². The van der Waals surface area contributed by atoms with Crippen LogP contribution in [-0.4, -0.2) is 36.1 Å². The highest BCUT2D eigenvalue weighted by Gasteiger charge is 2.59. The molecule has 4 aliphatic rings. The zero-order valence-electron chi connectivity index (χ0n) is 20.8. The van der Waals surface area contributed by atoms with Crippen LogP contribution in [0.15, 0.2) is 0 Å². The van der Waals surface area contributed by atoms with Crippen molar-refractivity contribution in [1.82, 2.24) is 0 Å². The van der Waals surface area contributed by atoms with Crippen LogP contribution < -0.4 is 0 Å². The van der Waals surface area contributed by atoms with Crippen LogP contribution in [0.25, 0.3) is 0 Å². The Hall–Kier alpha value is -0.500. The third kappa shape index (κ3) is 5.07. The van der Waals surface area contributed by atoms with Gasteiger partial charge in [0, 0.05) is 12.8 Å². The van der Waals surface area contributed by atoms with Crippen LogP contribution in [0, 0.1) is 52.8 Å². The number of fused-ring (bicyclic) bond motifs is 5. The average Bonchev–Trinajstić information content (AvgIpc) is 3.15. The Morgan fingerprint density at radius 1 is 1.09 bits per heavy atom. The van der Waals surface area contributed by atoms with Crippen LogP contribution in [0.2, 0.25) is 0 Å². The Morgan fingerprint density at radius 2 is 1.79 bits per heavy atom. The Balaban J connectivity index is 1.42. The number of carbonyl (C=O) groups excluding carboxylic acids is 1. The number of ketones is 1. The molecular formula is C26H44O6S. The van der Waals surface area contributed by atoms with E-state index in [1.54, 1.807) is 0 Å². The average molecular weight is 485 g/mol. The fraction of sp³-hybridized carbons (Fsp3) is 0.962. The Labute approximate surface area is 200 Å². The van der Waals surface area contributed by atoms with Gasteiger partial charge in [0.05, 0.1) is 12.2 Å². The van der Waals surface area contributed by atoms with Crippen molar-refractivity contribution in [2.24, 2.45) is 52.8 Å². The first-order valence-electron chi connectivity index (χ1n) is 13.3. The second-order valence-electron chi connectivity index (χ2n) is 12.4. The summed E-state index contributed by atoms with van der Waals surface area (Å²) in [6, 6.07) is 0. The number of aliphatic hydroxyl groups excluding tert-OH is 1. The van der Waals surface area contributed by atoms with Crippen molar-refractivity contribution in [3.8, 4) is 0 Å². The highest BCUT2D eigenvalue weighted by atomic mass is 32.3. The van der Waals surface area contributed by atoms with Gasteiger partial charge < -0.3 is 5.11 Å². The zero-order valence-corrected chi connectivity index (χ0v) is 21.6. The molecule has 4 saturated carbocycles. The van der Waals surface area contributed by atoms with Crippen molar-refractivity contribution in [3.05, 3.63) is 0 Å². The Morgan fingerprint density at radius 3 is 2.45 bits per heavy atom. The molecule has 2 N–H and O–H groups in total. The fourth-order valence-corrected chi connectivity index (χ4v) is 9.36. The molecule has 190 valence electrons. The van der Waals surface area contributed by atoms with E-state index >= 15 is 0 Å². The maximum atomic E-state index is 12.1. The summed E-state index contributed by atoms with van der Waals surface area (Å²) in [4.78, 5) is 12.1. The van der Waals surface area contributed by atoms with E-state index in [0.29, 0.717) is 66.5 Å². The quantitative estimate of drug-likeness (QED) is 0.490. The van der Waals surface area contributed by atoms with Crippen LogP contribution in [0.1, 0.15) is 91.9 Å². The summed E-state index contributed by atoms with van der Waals surface area (Å²) in [5.41, 5.74) is 0.199. The van der Waals surface area contributed by atoms with Gasteiger partial charge in [-0.1, -0.05) is 27.7 Å². The van der Waals surface area contributed by atoms with Crippen LogP contribution in [0.3, 0.4) is 0 Å². The number of carbonyl (C=O) groups is 1. The van der Waals surface area contributed by atoms with Gasteiger partial charge in [0.2, 0.25) is 0 Å². The Bertz CT molecular complexity index is 825. The van der Waals surface area contributed by atoms with Gasteiger partial charge in [-0.2, -0.15) is 8.42 Å². The van der Waals surface area contributed by atoms with Crippen molar-refractivity contribution in [2.45, 2.75) is 104 Å². The van der Waals surface area contributed by atoms with E-state index in [2.05, 4.69) is 13.8 Å². The standard InChI is InChI=1S/C26H44O6S/c1-15(2)24(32-33(29,30)31)10-5-16(3)19-6-7-21-20(19)8-9-22-25(21)23(28)14-17-13-18(27)11-12-26(17,22)4/h15-17,19-25,28H,5-14H2,1-4H3,(H,29,30,31)/t16-,17-,19-,20?,21?,22?,23?,24-,25?,26+/m1/s1. The molecule has 5 unspecified atom stereocenters. The van der Waals surface area contributed by atoms with Gasteiger partial charge >= 0.3 is 10.4 Å². The van der Waals surface area contributed by atoms with Crippen LogP contribution >= 0.6 is 0 Å². The number of aliphatic hydroxyl groups is 1. The van der Waals surface area contributed by atoms with E-state index in [0.717, 1.165) is 25.7 Å². The third-order valence-corrected chi connectivity index (χ3v) is 11.0. The van der Waals surface area contributed by atoms with E-state index < -0.39 is 16.5 Å². The molecule has 10 atom stereocenters. The molecule has 0 aliphatic heterocycles. The summed E-state index contributed by atoms with van der Waals surface area (Å²) in [5, 5.41) is 11.3. The largest absolute Gasteiger partial charge is 0.397 e. The molecule has 0 aromatic rings. The number of rotatable bonds is 7. The molecule has 0 spiro atoms. The first kappa shape index (κ1) is 25.6. The predicted molar refractivity (Wildman–Crippen MR) is 127 cm³/mol. The number of hydrogen-bond donors (Lipinski definition) is 2. The summed E-state index contributed by atoms with van der Waals surface area (Å²) in [6.07, 6.45) is 8.59. The van der Waals surface area contributed by atoms with E-state index in [-0.39, 0.29) is 17.4 Å². The molecule has 4 rings (SSSR count). The topological polar surface area (TPSA) is 101 Å². The second kappa shape index (κ2) is 9.51. The molecule has 0 heterocycles. The maximum absolute atomic E-state index is 12.1. The lowest BCUT2D eigenvalue weighted by Gasteiger charge is -2.59. The van der Waals surface area contributed by atoms with Gasteiger partial charge in [0.25, 0.3) is 0 Å². The second-order valence-corrected chi connectivity index (χ2v) is 13.5. The number of Topliss-reactive ketones (excluding diaryl/α,β-unsaturated/α-hetero) is 1. The molecule has 4 aliphatic carbocycles. The molecule has 0 radical (unpaired) electrons.